The van der Waals surface area contributed by atoms with E-state index in [0.717, 1.165) is 18.7 Å². The van der Waals surface area contributed by atoms with Crippen molar-refractivity contribution in [2.75, 3.05) is 45.9 Å². The van der Waals surface area contributed by atoms with E-state index >= 15 is 0 Å². The smallest absolute Gasteiger partial charge is 0.290 e. The quantitative estimate of drug-likeness (QED) is 0.741. The molecule has 1 saturated heterocycles. The molecular formula is C20H24FN3O4. The molecule has 0 saturated carbocycles. The average molecular weight is 389 g/mol. The molecule has 0 atom stereocenters. The van der Waals surface area contributed by atoms with Crippen LogP contribution >= 0.6 is 0 Å². The monoisotopic (exact) mass is 389 g/mol. The average Bonchev–Trinajstić information content (AvgIpc) is 3.26. The molecule has 0 spiro atoms. The summed E-state index contributed by atoms with van der Waals surface area (Å²) in [4.78, 5) is 28.7. The maximum atomic E-state index is 13.0. The molecule has 1 fully saturated rings. The van der Waals surface area contributed by atoms with Crippen LogP contribution in [-0.4, -0.2) is 67.6 Å². The van der Waals surface area contributed by atoms with Crippen LogP contribution in [0.25, 0.3) is 0 Å². The van der Waals surface area contributed by atoms with Gasteiger partial charge in [-0.15, -0.1) is 0 Å². The molecule has 2 aromatic rings. The van der Waals surface area contributed by atoms with E-state index in [9.17, 15) is 14.0 Å². The van der Waals surface area contributed by atoms with Crippen molar-refractivity contribution >= 4 is 11.8 Å². The fraction of sp³-hybridized carbons (Fsp3) is 0.400. The van der Waals surface area contributed by atoms with Crippen molar-refractivity contribution < 1.29 is 23.1 Å². The van der Waals surface area contributed by atoms with Gasteiger partial charge in [0.1, 0.15) is 5.82 Å². The van der Waals surface area contributed by atoms with E-state index in [-0.39, 0.29) is 36.5 Å². The van der Waals surface area contributed by atoms with Crippen molar-refractivity contribution in [2.24, 2.45) is 0 Å². The van der Waals surface area contributed by atoms with Gasteiger partial charge in [0.15, 0.2) is 5.76 Å². The third-order valence-electron chi connectivity index (χ3n) is 4.55. The van der Waals surface area contributed by atoms with Crippen LogP contribution in [0.15, 0.2) is 47.1 Å². The minimum absolute atomic E-state index is 0.0783. The number of ether oxygens (including phenoxy) is 1. The van der Waals surface area contributed by atoms with Gasteiger partial charge in [0, 0.05) is 32.7 Å². The van der Waals surface area contributed by atoms with Gasteiger partial charge in [-0.25, -0.2) is 4.39 Å². The predicted molar refractivity (Wildman–Crippen MR) is 100 cm³/mol. The summed E-state index contributed by atoms with van der Waals surface area (Å²) < 4.78 is 23.5. The Morgan fingerprint density at radius 1 is 1.14 bits per heavy atom. The zero-order chi connectivity index (χ0) is 19.8. The van der Waals surface area contributed by atoms with Crippen LogP contribution in [0.5, 0.6) is 0 Å². The number of nitrogens with zero attached hydrogens (tertiary/aromatic N) is 2. The SMILES string of the molecule is O=C(CN(CCN1CCOCC1)C(=O)c1ccco1)NCc1ccc(F)cc1. The standard InChI is InChI=1S/C20H24FN3O4/c21-17-5-3-16(4-6-17)14-22-19(25)15-24(20(26)18-2-1-11-28-18)8-7-23-9-12-27-13-10-23/h1-6,11H,7-10,12-15H2,(H,22,25). The molecule has 150 valence electrons. The molecule has 0 radical (unpaired) electrons. The highest BCUT2D eigenvalue weighted by Gasteiger charge is 2.22. The zero-order valence-corrected chi connectivity index (χ0v) is 15.6. The molecule has 28 heavy (non-hydrogen) atoms. The predicted octanol–water partition coefficient (Wildman–Crippen LogP) is 1.51. The molecule has 1 N–H and O–H groups in total. The highest BCUT2D eigenvalue weighted by molar-refractivity contribution is 5.94. The molecule has 2 amide bonds. The molecule has 2 heterocycles. The lowest BCUT2D eigenvalue weighted by atomic mass is 10.2. The summed E-state index contributed by atoms with van der Waals surface area (Å²) in [5.41, 5.74) is 0.784. The Hall–Kier alpha value is -2.71. The van der Waals surface area contributed by atoms with E-state index in [1.165, 1.54) is 23.3 Å². The van der Waals surface area contributed by atoms with E-state index in [4.69, 9.17) is 9.15 Å². The second kappa shape index (κ2) is 10.0. The summed E-state index contributed by atoms with van der Waals surface area (Å²) in [7, 11) is 0. The first-order valence-electron chi connectivity index (χ1n) is 9.26. The van der Waals surface area contributed by atoms with E-state index in [2.05, 4.69) is 10.2 Å². The minimum atomic E-state index is -0.326. The van der Waals surface area contributed by atoms with Crippen molar-refractivity contribution in [3.63, 3.8) is 0 Å². The summed E-state index contributed by atoms with van der Waals surface area (Å²) in [6.45, 7) is 4.20. The van der Waals surface area contributed by atoms with Crippen LogP contribution in [-0.2, 0) is 16.1 Å². The molecule has 8 heteroatoms. The van der Waals surface area contributed by atoms with Gasteiger partial charge in [-0.2, -0.15) is 0 Å². The summed E-state index contributed by atoms with van der Waals surface area (Å²) >= 11 is 0. The molecule has 1 aliphatic rings. The number of benzene rings is 1. The lowest BCUT2D eigenvalue weighted by Gasteiger charge is -2.29. The van der Waals surface area contributed by atoms with E-state index < -0.39 is 0 Å². The summed E-state index contributed by atoms with van der Waals surface area (Å²) in [6, 6.07) is 9.13. The van der Waals surface area contributed by atoms with Gasteiger partial charge >= 0.3 is 0 Å². The van der Waals surface area contributed by atoms with Gasteiger partial charge in [-0.3, -0.25) is 14.5 Å². The molecule has 3 rings (SSSR count). The van der Waals surface area contributed by atoms with Crippen molar-refractivity contribution in [3.05, 3.63) is 59.8 Å². The molecule has 0 bridgehead atoms. The lowest BCUT2D eigenvalue weighted by molar-refractivity contribution is -0.122. The van der Waals surface area contributed by atoms with Crippen LogP contribution in [0.2, 0.25) is 0 Å². The maximum absolute atomic E-state index is 13.0. The Bertz CT molecular complexity index is 758. The second-order valence-electron chi connectivity index (χ2n) is 6.56. The highest BCUT2D eigenvalue weighted by atomic mass is 19.1. The summed E-state index contributed by atoms with van der Waals surface area (Å²) in [6.07, 6.45) is 1.43. The third-order valence-corrected chi connectivity index (χ3v) is 4.55. The largest absolute Gasteiger partial charge is 0.459 e. The fourth-order valence-corrected chi connectivity index (χ4v) is 2.93. The minimum Gasteiger partial charge on any atom is -0.459 e. The Balaban J connectivity index is 1.56. The second-order valence-corrected chi connectivity index (χ2v) is 6.56. The lowest BCUT2D eigenvalue weighted by Crippen LogP contribution is -2.46. The Kier molecular flexibility index (Phi) is 7.16. The van der Waals surface area contributed by atoms with Crippen LogP contribution in [0.1, 0.15) is 16.1 Å². The highest BCUT2D eigenvalue weighted by Crippen LogP contribution is 2.07. The number of hydrogen-bond acceptors (Lipinski definition) is 5. The third kappa shape index (κ3) is 5.90. The van der Waals surface area contributed by atoms with Crippen molar-refractivity contribution in [1.82, 2.24) is 15.1 Å². The van der Waals surface area contributed by atoms with Crippen LogP contribution < -0.4 is 5.32 Å². The summed E-state index contributed by atoms with van der Waals surface area (Å²) in [5.74, 6) is -0.733. The van der Waals surface area contributed by atoms with Crippen LogP contribution in [0.3, 0.4) is 0 Å². The van der Waals surface area contributed by atoms with Gasteiger partial charge in [0.25, 0.3) is 5.91 Å². The van der Waals surface area contributed by atoms with Crippen LogP contribution in [0.4, 0.5) is 4.39 Å². The molecule has 1 aromatic carbocycles. The number of halogens is 1. The van der Waals surface area contributed by atoms with Gasteiger partial charge in [-0.1, -0.05) is 12.1 Å². The van der Waals surface area contributed by atoms with E-state index in [1.807, 2.05) is 0 Å². The zero-order valence-electron chi connectivity index (χ0n) is 15.6. The first-order valence-corrected chi connectivity index (χ1v) is 9.26. The number of nitrogens with one attached hydrogen (secondary N) is 1. The number of amides is 2. The van der Waals surface area contributed by atoms with E-state index in [0.29, 0.717) is 26.3 Å². The van der Waals surface area contributed by atoms with Gasteiger partial charge < -0.3 is 19.4 Å². The van der Waals surface area contributed by atoms with Crippen molar-refractivity contribution in [1.29, 1.82) is 0 Å². The number of carbonyl (C=O) groups is 2. The van der Waals surface area contributed by atoms with Gasteiger partial charge in [-0.05, 0) is 29.8 Å². The molecular weight excluding hydrogens is 365 g/mol. The number of carbonyl (C=O) groups excluding carboxylic acids is 2. The number of hydrogen-bond donors (Lipinski definition) is 1. The Morgan fingerprint density at radius 3 is 2.57 bits per heavy atom. The molecule has 0 aliphatic carbocycles. The van der Waals surface area contributed by atoms with Crippen molar-refractivity contribution in [3.8, 4) is 0 Å². The topological polar surface area (TPSA) is 75.0 Å². The van der Waals surface area contributed by atoms with Crippen LogP contribution in [0, 0.1) is 5.82 Å². The Labute approximate surface area is 163 Å². The normalized spacial score (nSPS) is 14.6. The first kappa shape index (κ1) is 20.0. The number of morpholine rings is 1. The van der Waals surface area contributed by atoms with Crippen molar-refractivity contribution in [2.45, 2.75) is 6.54 Å². The number of furan rings is 1. The molecule has 0 unspecified atom stereocenters. The van der Waals surface area contributed by atoms with E-state index in [1.54, 1.807) is 24.3 Å². The Morgan fingerprint density at radius 2 is 1.89 bits per heavy atom. The fourth-order valence-electron chi connectivity index (χ4n) is 2.93. The maximum Gasteiger partial charge on any atom is 0.290 e. The van der Waals surface area contributed by atoms with Gasteiger partial charge in [0.2, 0.25) is 5.91 Å². The molecule has 1 aromatic heterocycles. The molecule has 1 aliphatic heterocycles. The number of rotatable bonds is 8. The first-order chi connectivity index (χ1) is 13.6. The molecule has 7 nitrogen and oxygen atoms in total. The summed E-state index contributed by atoms with van der Waals surface area (Å²) in [5, 5.41) is 2.77. The van der Waals surface area contributed by atoms with Gasteiger partial charge in [0.05, 0.1) is 26.0 Å².